The van der Waals surface area contributed by atoms with Crippen molar-refractivity contribution < 1.29 is 4.79 Å². The molecule has 0 bridgehead atoms. The number of amides is 1. The van der Waals surface area contributed by atoms with Crippen LogP contribution in [0.1, 0.15) is 50.9 Å². The number of benzene rings is 2. The van der Waals surface area contributed by atoms with Crippen molar-refractivity contribution in [3.05, 3.63) is 72.1 Å². The molecule has 0 atom stereocenters. The van der Waals surface area contributed by atoms with E-state index in [1.807, 2.05) is 36.4 Å². The Balaban J connectivity index is 1.42. The lowest BCUT2D eigenvalue weighted by Crippen LogP contribution is -2.22. The first-order valence-corrected chi connectivity index (χ1v) is 11.1. The molecule has 1 N–H and O–H groups in total. The van der Waals surface area contributed by atoms with Gasteiger partial charge in [0.05, 0.1) is 11.0 Å². The molecule has 30 heavy (non-hydrogen) atoms. The molecule has 0 unspecified atom stereocenters. The lowest BCUT2D eigenvalue weighted by atomic mass is 10.1. The summed E-state index contributed by atoms with van der Waals surface area (Å²) < 4.78 is 2.39. The molecule has 0 aliphatic carbocycles. The Bertz CT molecular complexity index is 957. The lowest BCUT2D eigenvalue weighted by molar-refractivity contribution is -0.116. The molecule has 3 aromatic rings. The van der Waals surface area contributed by atoms with E-state index in [2.05, 4.69) is 48.0 Å². The maximum Gasteiger partial charge on any atom is 0.243 e. The van der Waals surface area contributed by atoms with Crippen molar-refractivity contribution in [3.63, 3.8) is 0 Å². The van der Waals surface area contributed by atoms with Crippen molar-refractivity contribution in [2.45, 2.75) is 52.5 Å². The van der Waals surface area contributed by atoms with E-state index in [1.165, 1.54) is 11.3 Å². The summed E-state index contributed by atoms with van der Waals surface area (Å²) in [7, 11) is 0. The second-order valence-electron chi connectivity index (χ2n) is 8.20. The summed E-state index contributed by atoms with van der Waals surface area (Å²) in [5.74, 6) is 1.83. The van der Waals surface area contributed by atoms with E-state index in [0.29, 0.717) is 12.5 Å². The number of carbonyl (C=O) groups is 1. The maximum absolute atomic E-state index is 11.9. The molecule has 1 amide bonds. The average Bonchev–Trinajstić information content (AvgIpc) is 3.11. The van der Waals surface area contributed by atoms with Gasteiger partial charge in [0, 0.05) is 25.6 Å². The number of nitrogens with one attached hydrogen (secondary N) is 1. The Morgan fingerprint density at radius 2 is 1.80 bits per heavy atom. The van der Waals surface area contributed by atoms with Gasteiger partial charge in [-0.25, -0.2) is 4.98 Å². The Morgan fingerprint density at radius 3 is 2.60 bits per heavy atom. The number of hydrogen-bond donors (Lipinski definition) is 1. The molecule has 4 heteroatoms. The average molecular weight is 404 g/mol. The lowest BCUT2D eigenvalue weighted by Gasteiger charge is -2.11. The van der Waals surface area contributed by atoms with Crippen LogP contribution in [0.25, 0.3) is 17.1 Å². The third-order valence-corrected chi connectivity index (χ3v) is 5.27. The van der Waals surface area contributed by atoms with Crippen LogP contribution in [-0.2, 0) is 17.8 Å². The highest BCUT2D eigenvalue weighted by atomic mass is 16.1. The molecular formula is C26H33N3O. The topological polar surface area (TPSA) is 46.9 Å². The zero-order chi connectivity index (χ0) is 21.2. The fraction of sp³-hybridized carbons (Fsp3) is 0.385. The van der Waals surface area contributed by atoms with Crippen molar-refractivity contribution in [1.82, 2.24) is 14.9 Å². The molecule has 4 nitrogen and oxygen atoms in total. The van der Waals surface area contributed by atoms with Gasteiger partial charge in [-0.3, -0.25) is 4.79 Å². The number of fused-ring (bicyclic) bond motifs is 1. The van der Waals surface area contributed by atoms with Gasteiger partial charge in [0.2, 0.25) is 5.91 Å². The SMILES string of the molecule is CC(C)CCn1c(CCCCCNC(=O)/C=C/c2ccccc2)nc2ccccc21. The van der Waals surface area contributed by atoms with Gasteiger partial charge in [-0.2, -0.15) is 0 Å². The van der Waals surface area contributed by atoms with E-state index in [4.69, 9.17) is 4.98 Å². The van der Waals surface area contributed by atoms with Crippen molar-refractivity contribution in [2.75, 3.05) is 6.54 Å². The van der Waals surface area contributed by atoms with Gasteiger partial charge in [-0.05, 0) is 49.0 Å². The minimum Gasteiger partial charge on any atom is -0.353 e. The molecule has 1 heterocycles. The fourth-order valence-electron chi connectivity index (χ4n) is 3.54. The summed E-state index contributed by atoms with van der Waals surface area (Å²) in [4.78, 5) is 16.8. The smallest absolute Gasteiger partial charge is 0.243 e. The van der Waals surface area contributed by atoms with Crippen LogP contribution in [0.3, 0.4) is 0 Å². The summed E-state index contributed by atoms with van der Waals surface area (Å²) in [5.41, 5.74) is 3.37. The van der Waals surface area contributed by atoms with Gasteiger partial charge in [0.15, 0.2) is 0 Å². The molecule has 0 aliphatic rings. The second-order valence-corrected chi connectivity index (χ2v) is 8.20. The highest BCUT2D eigenvalue weighted by molar-refractivity contribution is 5.91. The van der Waals surface area contributed by atoms with Gasteiger partial charge >= 0.3 is 0 Å². The Morgan fingerprint density at radius 1 is 1.03 bits per heavy atom. The van der Waals surface area contributed by atoms with E-state index in [0.717, 1.165) is 49.7 Å². The first-order chi connectivity index (χ1) is 14.6. The monoisotopic (exact) mass is 403 g/mol. The number of rotatable bonds is 11. The summed E-state index contributed by atoms with van der Waals surface area (Å²) in [6.45, 7) is 6.27. The highest BCUT2D eigenvalue weighted by Crippen LogP contribution is 2.19. The van der Waals surface area contributed by atoms with E-state index < -0.39 is 0 Å². The minimum atomic E-state index is -0.0330. The van der Waals surface area contributed by atoms with E-state index >= 15 is 0 Å². The number of aromatic nitrogens is 2. The molecule has 0 spiro atoms. The van der Waals surface area contributed by atoms with E-state index in [-0.39, 0.29) is 5.91 Å². The minimum absolute atomic E-state index is 0.0330. The quantitative estimate of drug-likeness (QED) is 0.333. The summed E-state index contributed by atoms with van der Waals surface area (Å²) in [5, 5.41) is 2.97. The molecule has 0 aliphatic heterocycles. The first-order valence-electron chi connectivity index (χ1n) is 11.1. The highest BCUT2D eigenvalue weighted by Gasteiger charge is 2.10. The van der Waals surface area contributed by atoms with Crippen molar-refractivity contribution >= 4 is 23.0 Å². The van der Waals surface area contributed by atoms with Crippen LogP contribution in [0.5, 0.6) is 0 Å². The van der Waals surface area contributed by atoms with Gasteiger partial charge in [0.1, 0.15) is 5.82 Å². The number of para-hydroxylation sites is 2. The van der Waals surface area contributed by atoms with Crippen molar-refractivity contribution in [3.8, 4) is 0 Å². The third-order valence-electron chi connectivity index (χ3n) is 5.27. The maximum atomic E-state index is 11.9. The van der Waals surface area contributed by atoms with Gasteiger partial charge in [-0.1, -0.05) is 62.7 Å². The van der Waals surface area contributed by atoms with E-state index in [1.54, 1.807) is 6.08 Å². The van der Waals surface area contributed by atoms with Crippen molar-refractivity contribution in [2.24, 2.45) is 5.92 Å². The predicted octanol–water partition coefficient (Wildman–Crippen LogP) is 5.62. The molecule has 0 saturated heterocycles. The number of hydrogen-bond acceptors (Lipinski definition) is 2. The largest absolute Gasteiger partial charge is 0.353 e. The standard InChI is InChI=1S/C26H33N3O/c1-21(2)18-20-29-24-14-9-8-13-23(24)28-25(29)15-7-4-10-19-27-26(30)17-16-22-11-5-3-6-12-22/h3,5-6,8-9,11-14,16-17,21H,4,7,10,15,18-20H2,1-2H3,(H,27,30)/b17-16+. The Hall–Kier alpha value is -2.88. The number of imidazole rings is 1. The summed E-state index contributed by atoms with van der Waals surface area (Å²) >= 11 is 0. The van der Waals surface area contributed by atoms with Crippen molar-refractivity contribution in [1.29, 1.82) is 0 Å². The molecule has 0 saturated carbocycles. The number of carbonyl (C=O) groups excluding carboxylic acids is 1. The van der Waals surface area contributed by atoms with Crippen LogP contribution in [0.15, 0.2) is 60.7 Å². The molecule has 2 aromatic carbocycles. The van der Waals surface area contributed by atoms with Gasteiger partial charge < -0.3 is 9.88 Å². The molecule has 1 aromatic heterocycles. The molecular weight excluding hydrogens is 370 g/mol. The number of unbranched alkanes of at least 4 members (excludes halogenated alkanes) is 2. The van der Waals surface area contributed by atoms with Crippen LogP contribution >= 0.6 is 0 Å². The molecule has 0 radical (unpaired) electrons. The third kappa shape index (κ3) is 6.58. The second kappa shape index (κ2) is 11.3. The van der Waals surface area contributed by atoms with Gasteiger partial charge in [0.25, 0.3) is 0 Å². The first kappa shape index (κ1) is 21.8. The molecule has 0 fully saturated rings. The van der Waals surface area contributed by atoms with Crippen LogP contribution < -0.4 is 5.32 Å². The Kier molecular flexibility index (Phi) is 8.25. The molecule has 3 rings (SSSR count). The summed E-state index contributed by atoms with van der Waals surface area (Å²) in [6, 6.07) is 18.3. The zero-order valence-corrected chi connectivity index (χ0v) is 18.2. The Labute approximate surface area is 180 Å². The predicted molar refractivity (Wildman–Crippen MR) is 125 cm³/mol. The van der Waals surface area contributed by atoms with E-state index in [9.17, 15) is 4.79 Å². The number of aryl methyl sites for hydroxylation is 2. The van der Waals surface area contributed by atoms with Crippen LogP contribution in [0, 0.1) is 5.92 Å². The fourth-order valence-corrected chi connectivity index (χ4v) is 3.54. The summed E-state index contributed by atoms with van der Waals surface area (Å²) in [6.07, 6.45) is 8.74. The van der Waals surface area contributed by atoms with Crippen LogP contribution in [-0.4, -0.2) is 22.0 Å². The van der Waals surface area contributed by atoms with Gasteiger partial charge in [-0.15, -0.1) is 0 Å². The normalized spacial score (nSPS) is 11.6. The molecule has 158 valence electrons. The van der Waals surface area contributed by atoms with Crippen LogP contribution in [0.4, 0.5) is 0 Å². The zero-order valence-electron chi connectivity index (χ0n) is 18.2. The van der Waals surface area contributed by atoms with Crippen LogP contribution in [0.2, 0.25) is 0 Å². The number of nitrogens with zero attached hydrogens (tertiary/aromatic N) is 2.